The number of carbonyl (C=O) groups is 2. The number of hydrogen-bond donors (Lipinski definition) is 2. The van der Waals surface area contributed by atoms with Crippen molar-refractivity contribution in [3.8, 4) is 0 Å². The summed E-state index contributed by atoms with van der Waals surface area (Å²) in [5.74, 6) is -0.118. The number of nitrogens with zero attached hydrogens (tertiary/aromatic N) is 1. The Balaban J connectivity index is 1.52. The molecule has 140 valence electrons. The molecule has 0 aliphatic carbocycles. The van der Waals surface area contributed by atoms with Crippen LogP contribution in [0.15, 0.2) is 87.0 Å². The summed E-state index contributed by atoms with van der Waals surface area (Å²) < 4.78 is 5.82. The minimum Gasteiger partial charge on any atom is -0.448 e. The maximum Gasteiger partial charge on any atom is 0.271 e. The largest absolute Gasteiger partial charge is 0.448 e. The van der Waals surface area contributed by atoms with E-state index in [1.165, 1.54) is 12.3 Å². The highest BCUT2D eigenvalue weighted by Crippen LogP contribution is 2.12. The fraction of sp³-hybridized carbons (Fsp3) is 0. The molecule has 3 rings (SSSR count). The van der Waals surface area contributed by atoms with E-state index in [4.69, 9.17) is 4.42 Å². The van der Waals surface area contributed by atoms with Crippen molar-refractivity contribution >= 4 is 45.7 Å². The van der Waals surface area contributed by atoms with Crippen LogP contribution in [-0.4, -0.2) is 18.0 Å². The summed E-state index contributed by atoms with van der Waals surface area (Å²) in [6.07, 6.45) is 4.58. The molecule has 6 nitrogen and oxygen atoms in total. The Labute approximate surface area is 170 Å². The summed E-state index contributed by atoms with van der Waals surface area (Å²) in [4.78, 5) is 24.0. The predicted octanol–water partition coefficient (Wildman–Crippen LogP) is 4.46. The number of furan rings is 1. The smallest absolute Gasteiger partial charge is 0.271 e. The molecule has 0 radical (unpaired) electrons. The Morgan fingerprint density at radius 1 is 0.964 bits per heavy atom. The van der Waals surface area contributed by atoms with Gasteiger partial charge in [-0.2, -0.15) is 5.10 Å². The number of hydrogen-bond acceptors (Lipinski definition) is 4. The van der Waals surface area contributed by atoms with Gasteiger partial charge in [-0.05, 0) is 64.0 Å². The zero-order valence-corrected chi connectivity index (χ0v) is 16.2. The molecule has 2 amide bonds. The van der Waals surface area contributed by atoms with E-state index in [1.807, 2.05) is 30.3 Å². The topological polar surface area (TPSA) is 83.7 Å². The van der Waals surface area contributed by atoms with Gasteiger partial charge in [0.15, 0.2) is 4.67 Å². The lowest BCUT2D eigenvalue weighted by Gasteiger charge is -2.04. The van der Waals surface area contributed by atoms with Crippen LogP contribution in [-0.2, 0) is 4.79 Å². The maximum atomic E-state index is 12.1. The maximum absolute atomic E-state index is 12.1. The summed E-state index contributed by atoms with van der Waals surface area (Å²) in [5, 5.41) is 6.58. The monoisotopic (exact) mass is 437 g/mol. The van der Waals surface area contributed by atoms with Crippen LogP contribution in [0, 0.1) is 0 Å². The first-order chi connectivity index (χ1) is 13.6. The first kappa shape index (κ1) is 19.3. The lowest BCUT2D eigenvalue weighted by molar-refractivity contribution is -0.111. The summed E-state index contributed by atoms with van der Waals surface area (Å²) in [6, 6.07) is 19.5. The van der Waals surface area contributed by atoms with Crippen molar-refractivity contribution in [2.24, 2.45) is 5.10 Å². The number of carbonyl (C=O) groups excluding carboxylic acids is 2. The van der Waals surface area contributed by atoms with E-state index in [9.17, 15) is 9.59 Å². The third kappa shape index (κ3) is 5.78. The van der Waals surface area contributed by atoms with Gasteiger partial charge in [0.05, 0.1) is 6.21 Å². The second-order valence-corrected chi connectivity index (χ2v) is 6.43. The number of rotatable bonds is 6. The van der Waals surface area contributed by atoms with Crippen molar-refractivity contribution in [3.05, 3.63) is 94.4 Å². The van der Waals surface area contributed by atoms with Gasteiger partial charge in [-0.3, -0.25) is 9.59 Å². The van der Waals surface area contributed by atoms with Crippen LogP contribution < -0.4 is 10.7 Å². The molecule has 28 heavy (non-hydrogen) atoms. The lowest BCUT2D eigenvalue weighted by atomic mass is 10.2. The Morgan fingerprint density at radius 3 is 2.39 bits per heavy atom. The third-order valence-electron chi connectivity index (χ3n) is 3.59. The van der Waals surface area contributed by atoms with Gasteiger partial charge in [0.1, 0.15) is 5.76 Å². The Morgan fingerprint density at radius 2 is 1.71 bits per heavy atom. The summed E-state index contributed by atoms with van der Waals surface area (Å²) >= 11 is 3.19. The molecule has 2 N–H and O–H groups in total. The van der Waals surface area contributed by atoms with Crippen LogP contribution in [0.25, 0.3) is 6.08 Å². The highest BCUT2D eigenvalue weighted by Gasteiger charge is 2.05. The van der Waals surface area contributed by atoms with E-state index < -0.39 is 0 Å². The molecule has 1 aromatic heterocycles. The molecule has 0 atom stereocenters. The molecule has 1 heterocycles. The average molecular weight is 438 g/mol. The lowest BCUT2D eigenvalue weighted by Crippen LogP contribution is -2.17. The van der Waals surface area contributed by atoms with Crippen molar-refractivity contribution < 1.29 is 14.0 Å². The fourth-order valence-corrected chi connectivity index (χ4v) is 2.56. The number of amides is 2. The van der Waals surface area contributed by atoms with Crippen LogP contribution in [0.3, 0.4) is 0 Å². The fourth-order valence-electron chi connectivity index (χ4n) is 2.24. The number of benzene rings is 2. The molecule has 0 spiro atoms. The highest BCUT2D eigenvalue weighted by molar-refractivity contribution is 9.10. The van der Waals surface area contributed by atoms with Crippen LogP contribution in [0.5, 0.6) is 0 Å². The number of anilines is 1. The Hall–Kier alpha value is -3.45. The van der Waals surface area contributed by atoms with Crippen LogP contribution in [0.2, 0.25) is 0 Å². The van der Waals surface area contributed by atoms with Crippen molar-refractivity contribution in [2.45, 2.75) is 0 Å². The molecule has 0 aliphatic rings. The minimum atomic E-state index is -0.372. The molecular weight excluding hydrogens is 422 g/mol. The number of halogens is 1. The highest BCUT2D eigenvalue weighted by atomic mass is 79.9. The van der Waals surface area contributed by atoms with E-state index in [0.29, 0.717) is 21.7 Å². The van der Waals surface area contributed by atoms with E-state index in [1.54, 1.807) is 42.5 Å². The van der Waals surface area contributed by atoms with Gasteiger partial charge in [-0.25, -0.2) is 5.43 Å². The summed E-state index contributed by atoms with van der Waals surface area (Å²) in [7, 11) is 0. The number of hydrazone groups is 1. The van der Waals surface area contributed by atoms with Crippen molar-refractivity contribution in [1.82, 2.24) is 5.43 Å². The molecule has 0 saturated carbocycles. The van der Waals surface area contributed by atoms with E-state index in [2.05, 4.69) is 31.8 Å². The SMILES string of the molecule is O=C(/C=C/c1ccccc1)Nc1ccc(C(=O)N/N=C\c2ccc(Br)o2)cc1. The second-order valence-electron chi connectivity index (χ2n) is 5.65. The van der Waals surface area contributed by atoms with Gasteiger partial charge in [0, 0.05) is 17.3 Å². The zero-order valence-electron chi connectivity index (χ0n) is 14.6. The molecule has 3 aromatic rings. The van der Waals surface area contributed by atoms with Gasteiger partial charge in [-0.15, -0.1) is 0 Å². The van der Waals surface area contributed by atoms with Gasteiger partial charge in [-0.1, -0.05) is 30.3 Å². The standard InChI is InChI=1S/C21H16BrN3O3/c22-19-12-11-18(28-19)14-23-25-21(27)16-7-9-17(10-8-16)24-20(26)13-6-15-4-2-1-3-5-15/h1-14H,(H,24,26)(H,25,27)/b13-6+,23-14-. The average Bonchev–Trinajstić information content (AvgIpc) is 3.13. The first-order valence-corrected chi connectivity index (χ1v) is 9.12. The third-order valence-corrected chi connectivity index (χ3v) is 4.02. The predicted molar refractivity (Wildman–Crippen MR) is 112 cm³/mol. The summed E-state index contributed by atoms with van der Waals surface area (Å²) in [5.41, 5.74) is 4.35. The minimum absolute atomic E-state index is 0.254. The van der Waals surface area contributed by atoms with Gasteiger partial charge in [0.2, 0.25) is 5.91 Å². The van der Waals surface area contributed by atoms with Gasteiger partial charge < -0.3 is 9.73 Å². The molecule has 0 saturated heterocycles. The van der Waals surface area contributed by atoms with Gasteiger partial charge in [0.25, 0.3) is 5.91 Å². The van der Waals surface area contributed by atoms with Crippen LogP contribution >= 0.6 is 15.9 Å². The van der Waals surface area contributed by atoms with E-state index in [0.717, 1.165) is 5.56 Å². The zero-order chi connectivity index (χ0) is 19.8. The normalized spacial score (nSPS) is 11.0. The molecule has 0 aliphatic heterocycles. The molecule has 2 aromatic carbocycles. The molecule has 0 unspecified atom stereocenters. The van der Waals surface area contributed by atoms with Crippen molar-refractivity contribution in [1.29, 1.82) is 0 Å². The molecule has 0 fully saturated rings. The molecule has 0 bridgehead atoms. The van der Waals surface area contributed by atoms with Crippen LogP contribution in [0.1, 0.15) is 21.7 Å². The second kappa shape index (κ2) is 9.48. The van der Waals surface area contributed by atoms with Crippen molar-refractivity contribution in [2.75, 3.05) is 5.32 Å². The quantitative estimate of drug-likeness (QED) is 0.339. The number of nitrogens with one attached hydrogen (secondary N) is 2. The van der Waals surface area contributed by atoms with Gasteiger partial charge >= 0.3 is 0 Å². The molecule has 7 heteroatoms. The van der Waals surface area contributed by atoms with Crippen molar-refractivity contribution in [3.63, 3.8) is 0 Å². The first-order valence-electron chi connectivity index (χ1n) is 8.33. The van der Waals surface area contributed by atoms with E-state index in [-0.39, 0.29) is 11.8 Å². The Bertz CT molecular complexity index is 1010. The van der Waals surface area contributed by atoms with Crippen LogP contribution in [0.4, 0.5) is 5.69 Å². The molecular formula is C21H16BrN3O3. The Kier molecular flexibility index (Phi) is 6.54. The summed E-state index contributed by atoms with van der Waals surface area (Å²) in [6.45, 7) is 0. The van der Waals surface area contributed by atoms with E-state index >= 15 is 0 Å².